The molecule has 0 bridgehead atoms. The summed E-state index contributed by atoms with van der Waals surface area (Å²) in [5.74, 6) is 1.70. The largest absolute Gasteiger partial charge is 0.497 e. The first kappa shape index (κ1) is 16.1. The minimum atomic E-state index is 0.166. The van der Waals surface area contributed by atoms with Crippen LogP contribution in [0.25, 0.3) is 0 Å². The zero-order valence-corrected chi connectivity index (χ0v) is 13.1. The average molecular weight is 293 g/mol. The second kappa shape index (κ2) is 8.25. The quantitative estimate of drug-likeness (QED) is 0.800. The van der Waals surface area contributed by atoms with Crippen LogP contribution in [0.5, 0.6) is 11.5 Å². The SMILES string of the molecule is CCC(N)Cc1ccc(OC)cc1OCCC1CCCO1. The topological polar surface area (TPSA) is 53.7 Å². The van der Waals surface area contributed by atoms with Gasteiger partial charge in [0.25, 0.3) is 0 Å². The monoisotopic (exact) mass is 293 g/mol. The molecule has 4 heteroatoms. The third-order valence-electron chi connectivity index (χ3n) is 4.00. The van der Waals surface area contributed by atoms with Gasteiger partial charge in [-0.3, -0.25) is 0 Å². The molecule has 2 N–H and O–H groups in total. The Morgan fingerprint density at radius 2 is 2.29 bits per heavy atom. The van der Waals surface area contributed by atoms with Gasteiger partial charge in [0.2, 0.25) is 0 Å². The number of hydrogen-bond donors (Lipinski definition) is 1. The predicted molar refractivity (Wildman–Crippen MR) is 84.1 cm³/mol. The molecule has 1 aliphatic heterocycles. The van der Waals surface area contributed by atoms with E-state index in [9.17, 15) is 0 Å². The number of rotatable bonds is 8. The van der Waals surface area contributed by atoms with Gasteiger partial charge in [-0.15, -0.1) is 0 Å². The van der Waals surface area contributed by atoms with E-state index in [1.165, 1.54) is 6.42 Å². The minimum Gasteiger partial charge on any atom is -0.497 e. The predicted octanol–water partition coefficient (Wildman–Crippen LogP) is 2.92. The molecule has 1 saturated heterocycles. The maximum atomic E-state index is 6.07. The van der Waals surface area contributed by atoms with Gasteiger partial charge < -0.3 is 19.9 Å². The molecule has 0 radical (unpaired) electrons. The van der Waals surface area contributed by atoms with Crippen molar-refractivity contribution in [1.29, 1.82) is 0 Å². The van der Waals surface area contributed by atoms with Crippen LogP contribution >= 0.6 is 0 Å². The minimum absolute atomic E-state index is 0.166. The van der Waals surface area contributed by atoms with Gasteiger partial charge in [-0.05, 0) is 37.3 Å². The van der Waals surface area contributed by atoms with Gasteiger partial charge in [-0.1, -0.05) is 13.0 Å². The third-order valence-corrected chi connectivity index (χ3v) is 4.00. The molecule has 1 heterocycles. The van der Waals surface area contributed by atoms with E-state index in [-0.39, 0.29) is 6.04 Å². The van der Waals surface area contributed by atoms with Crippen molar-refractivity contribution >= 4 is 0 Å². The fourth-order valence-corrected chi connectivity index (χ4v) is 2.56. The fourth-order valence-electron chi connectivity index (χ4n) is 2.56. The molecule has 0 spiro atoms. The summed E-state index contributed by atoms with van der Waals surface area (Å²) in [6.45, 7) is 3.67. The first-order valence-electron chi connectivity index (χ1n) is 7.89. The Morgan fingerprint density at radius 1 is 1.43 bits per heavy atom. The van der Waals surface area contributed by atoms with Gasteiger partial charge in [0.15, 0.2) is 0 Å². The zero-order chi connectivity index (χ0) is 15.1. The van der Waals surface area contributed by atoms with Crippen molar-refractivity contribution in [2.45, 2.75) is 51.2 Å². The Labute approximate surface area is 127 Å². The molecule has 1 aromatic carbocycles. The average Bonchev–Trinajstić information content (AvgIpc) is 3.02. The molecule has 2 rings (SSSR count). The Bertz CT molecular complexity index is 430. The van der Waals surface area contributed by atoms with Crippen molar-refractivity contribution in [1.82, 2.24) is 0 Å². The lowest BCUT2D eigenvalue weighted by Crippen LogP contribution is -2.22. The number of nitrogens with two attached hydrogens (primary N) is 1. The summed E-state index contributed by atoms with van der Waals surface area (Å²) in [5.41, 5.74) is 7.22. The van der Waals surface area contributed by atoms with Crippen LogP contribution in [0, 0.1) is 0 Å². The van der Waals surface area contributed by atoms with Crippen LogP contribution in [0.15, 0.2) is 18.2 Å². The van der Waals surface area contributed by atoms with Crippen LogP contribution in [0.1, 0.15) is 38.2 Å². The van der Waals surface area contributed by atoms with Crippen molar-refractivity contribution in [3.8, 4) is 11.5 Å². The highest BCUT2D eigenvalue weighted by Crippen LogP contribution is 2.27. The number of hydrogen-bond acceptors (Lipinski definition) is 4. The van der Waals surface area contributed by atoms with Crippen molar-refractivity contribution in [3.63, 3.8) is 0 Å². The molecule has 1 aromatic rings. The van der Waals surface area contributed by atoms with Gasteiger partial charge in [-0.2, -0.15) is 0 Å². The first-order chi connectivity index (χ1) is 10.2. The second-order valence-electron chi connectivity index (χ2n) is 5.62. The number of ether oxygens (including phenoxy) is 3. The standard InChI is InChI=1S/C17H27NO3/c1-3-14(18)11-13-6-7-16(19-2)12-17(13)21-10-8-15-5-4-9-20-15/h6-7,12,14-15H,3-5,8-11,18H2,1-2H3. The molecule has 2 atom stereocenters. The van der Waals surface area contributed by atoms with Crippen LogP contribution < -0.4 is 15.2 Å². The normalized spacial score (nSPS) is 19.5. The Balaban J connectivity index is 1.96. The smallest absolute Gasteiger partial charge is 0.126 e. The zero-order valence-electron chi connectivity index (χ0n) is 13.1. The molecule has 0 aliphatic carbocycles. The lowest BCUT2D eigenvalue weighted by atomic mass is 10.0. The molecule has 21 heavy (non-hydrogen) atoms. The summed E-state index contributed by atoms with van der Waals surface area (Å²) in [5, 5.41) is 0. The Kier molecular flexibility index (Phi) is 6.33. The molecule has 0 aromatic heterocycles. The molecular formula is C17H27NO3. The second-order valence-corrected chi connectivity index (χ2v) is 5.62. The van der Waals surface area contributed by atoms with E-state index in [1.807, 2.05) is 12.1 Å². The lowest BCUT2D eigenvalue weighted by molar-refractivity contribution is 0.0901. The van der Waals surface area contributed by atoms with Gasteiger partial charge in [0, 0.05) is 25.1 Å². The van der Waals surface area contributed by atoms with Crippen LogP contribution in [0.4, 0.5) is 0 Å². The molecular weight excluding hydrogens is 266 g/mol. The molecule has 1 aliphatic rings. The summed E-state index contributed by atoms with van der Waals surface area (Å²) in [4.78, 5) is 0. The van der Waals surface area contributed by atoms with Crippen LogP contribution in [0.3, 0.4) is 0 Å². The summed E-state index contributed by atoms with van der Waals surface area (Å²) in [7, 11) is 1.67. The van der Waals surface area contributed by atoms with Gasteiger partial charge in [0.1, 0.15) is 11.5 Å². The molecule has 118 valence electrons. The van der Waals surface area contributed by atoms with Crippen molar-refractivity contribution in [2.75, 3.05) is 20.3 Å². The highest BCUT2D eigenvalue weighted by molar-refractivity contribution is 5.41. The van der Waals surface area contributed by atoms with E-state index in [0.29, 0.717) is 12.7 Å². The molecule has 2 unspecified atom stereocenters. The Hall–Kier alpha value is -1.26. The van der Waals surface area contributed by atoms with Crippen molar-refractivity contribution in [2.24, 2.45) is 5.73 Å². The molecule has 0 saturated carbocycles. The molecule has 4 nitrogen and oxygen atoms in total. The lowest BCUT2D eigenvalue weighted by Gasteiger charge is -2.16. The highest BCUT2D eigenvalue weighted by Gasteiger charge is 2.16. The summed E-state index contributed by atoms with van der Waals surface area (Å²) < 4.78 is 16.9. The van der Waals surface area contributed by atoms with Crippen LogP contribution in [-0.2, 0) is 11.2 Å². The van der Waals surface area contributed by atoms with Gasteiger partial charge >= 0.3 is 0 Å². The third kappa shape index (κ3) is 4.90. The number of methoxy groups -OCH3 is 1. The van der Waals surface area contributed by atoms with Crippen LogP contribution in [0.2, 0.25) is 0 Å². The van der Waals surface area contributed by atoms with Gasteiger partial charge in [-0.25, -0.2) is 0 Å². The summed E-state index contributed by atoms with van der Waals surface area (Å²) >= 11 is 0. The molecule has 1 fully saturated rings. The first-order valence-corrected chi connectivity index (χ1v) is 7.89. The summed E-state index contributed by atoms with van der Waals surface area (Å²) in [6.07, 6.45) is 5.40. The van der Waals surface area contributed by atoms with Gasteiger partial charge in [0.05, 0.1) is 19.8 Å². The van der Waals surface area contributed by atoms with E-state index >= 15 is 0 Å². The van der Waals surface area contributed by atoms with E-state index in [2.05, 4.69) is 13.0 Å². The fraction of sp³-hybridized carbons (Fsp3) is 0.647. The van der Waals surface area contributed by atoms with Crippen LogP contribution in [-0.4, -0.2) is 32.5 Å². The Morgan fingerprint density at radius 3 is 2.95 bits per heavy atom. The van der Waals surface area contributed by atoms with E-state index in [0.717, 1.165) is 49.4 Å². The van der Waals surface area contributed by atoms with E-state index in [4.69, 9.17) is 19.9 Å². The summed E-state index contributed by atoms with van der Waals surface area (Å²) in [6, 6.07) is 6.13. The van der Waals surface area contributed by atoms with E-state index < -0.39 is 0 Å². The highest BCUT2D eigenvalue weighted by atomic mass is 16.5. The van der Waals surface area contributed by atoms with Crippen molar-refractivity contribution < 1.29 is 14.2 Å². The maximum Gasteiger partial charge on any atom is 0.126 e. The number of benzene rings is 1. The molecule has 0 amide bonds. The van der Waals surface area contributed by atoms with Crippen molar-refractivity contribution in [3.05, 3.63) is 23.8 Å². The maximum absolute atomic E-state index is 6.07. The van der Waals surface area contributed by atoms with E-state index in [1.54, 1.807) is 7.11 Å².